The maximum Gasteiger partial charge on any atom is 0.475 e. The van der Waals surface area contributed by atoms with E-state index in [9.17, 15) is 57.7 Å². The predicted molar refractivity (Wildman–Crippen MR) is 135 cm³/mol. The molecule has 1 unspecified atom stereocenters. The molecule has 226 valence electrons. The molecule has 2 amide bonds. The highest BCUT2D eigenvalue weighted by Crippen LogP contribution is 2.54. The van der Waals surface area contributed by atoms with Crippen molar-refractivity contribution in [1.82, 2.24) is 0 Å². The van der Waals surface area contributed by atoms with E-state index in [1.165, 1.54) is 31.3 Å². The Morgan fingerprint density at radius 1 is 0.786 bits per heavy atom. The smallest absolute Gasteiger partial charge is 0.320 e. The van der Waals surface area contributed by atoms with E-state index in [0.717, 1.165) is 17.0 Å². The number of nitrogens with one attached hydrogen (secondary N) is 1. The summed E-state index contributed by atoms with van der Waals surface area (Å²) < 4.78 is 146. The Balaban J connectivity index is 2.09. The molecule has 0 bridgehead atoms. The van der Waals surface area contributed by atoms with Crippen LogP contribution in [0.5, 0.6) is 0 Å². The second-order valence-electron chi connectivity index (χ2n) is 8.43. The van der Waals surface area contributed by atoms with Crippen LogP contribution in [-0.2, 0) is 16.5 Å². The first-order valence-corrected chi connectivity index (χ1v) is 13.0. The number of carbonyl (C=O) groups is 2. The van der Waals surface area contributed by atoms with Gasteiger partial charge in [-0.05, 0) is 58.4 Å². The highest BCUT2D eigenvalue weighted by atomic mass is 79.9. The molecule has 1 N–H and O–H groups in total. The number of benzene rings is 3. The standard InChI is InChI=1S/C25H15BrF10N2O3S/c1-38(21(40)13-6-3-2-4-7-13)16-9-5-8-14(10-16)20(39)37-19-17(26)11-15(12-18(19)42(41)25(34,35)36)22(27,23(28,29)30)24(31,32)33/h2-12H,1H3,(H,37,39). The van der Waals surface area contributed by atoms with Gasteiger partial charge in [0, 0.05) is 33.9 Å². The van der Waals surface area contributed by atoms with E-state index in [0.29, 0.717) is 0 Å². The number of hydrogen-bond donors (Lipinski definition) is 1. The molecule has 3 aromatic rings. The number of rotatable bonds is 6. The summed E-state index contributed by atoms with van der Waals surface area (Å²) in [7, 11) is -2.99. The second kappa shape index (κ2) is 11.7. The molecule has 0 spiro atoms. The average molecular weight is 693 g/mol. The van der Waals surface area contributed by atoms with Crippen LogP contribution in [0.2, 0.25) is 0 Å². The van der Waals surface area contributed by atoms with Crippen molar-refractivity contribution in [2.75, 3.05) is 17.3 Å². The fraction of sp³-hybridized carbons (Fsp3) is 0.200. The van der Waals surface area contributed by atoms with Crippen LogP contribution in [0.4, 0.5) is 55.3 Å². The van der Waals surface area contributed by atoms with E-state index < -0.39 is 72.8 Å². The monoisotopic (exact) mass is 692 g/mol. The number of hydrogen-bond acceptors (Lipinski definition) is 3. The van der Waals surface area contributed by atoms with Crippen molar-refractivity contribution in [2.45, 2.75) is 28.4 Å². The molecular formula is C25H15BrF10N2O3S. The van der Waals surface area contributed by atoms with Crippen molar-refractivity contribution < 1.29 is 57.7 Å². The van der Waals surface area contributed by atoms with Gasteiger partial charge in [-0.25, -0.2) is 8.60 Å². The third kappa shape index (κ3) is 6.45. The van der Waals surface area contributed by atoms with Gasteiger partial charge in [0.25, 0.3) is 11.8 Å². The minimum Gasteiger partial charge on any atom is -0.320 e. The summed E-state index contributed by atoms with van der Waals surface area (Å²) in [4.78, 5) is 25.0. The summed E-state index contributed by atoms with van der Waals surface area (Å²) in [6, 6.07) is 12.1. The summed E-state index contributed by atoms with van der Waals surface area (Å²) in [6.07, 6.45) is -13.4. The zero-order chi connectivity index (χ0) is 31.8. The van der Waals surface area contributed by atoms with Gasteiger partial charge in [0.2, 0.25) is 0 Å². The summed E-state index contributed by atoms with van der Waals surface area (Å²) >= 11 is 2.47. The Bertz CT molecular complexity index is 1510. The summed E-state index contributed by atoms with van der Waals surface area (Å²) in [5.41, 5.74) is -15.3. The minimum absolute atomic E-state index is 0.113. The number of nitrogens with zero attached hydrogens (tertiary/aromatic N) is 1. The lowest BCUT2D eigenvalue weighted by Crippen LogP contribution is -2.50. The molecule has 17 heteroatoms. The van der Waals surface area contributed by atoms with Gasteiger partial charge in [-0.2, -0.15) is 39.5 Å². The maximum absolute atomic E-state index is 14.7. The van der Waals surface area contributed by atoms with Crippen molar-refractivity contribution in [3.8, 4) is 0 Å². The van der Waals surface area contributed by atoms with Crippen LogP contribution in [-0.4, -0.2) is 40.9 Å². The van der Waals surface area contributed by atoms with Gasteiger partial charge in [-0.3, -0.25) is 9.59 Å². The lowest BCUT2D eigenvalue weighted by Gasteiger charge is -2.31. The first kappa shape index (κ1) is 33.0. The minimum atomic E-state index is -6.68. The summed E-state index contributed by atoms with van der Waals surface area (Å²) in [5.74, 6) is -1.78. The molecule has 0 aliphatic carbocycles. The van der Waals surface area contributed by atoms with Crippen molar-refractivity contribution in [1.29, 1.82) is 0 Å². The van der Waals surface area contributed by atoms with Gasteiger partial charge in [-0.15, -0.1) is 0 Å². The number of halogens is 11. The number of alkyl halides is 10. The van der Waals surface area contributed by atoms with Gasteiger partial charge >= 0.3 is 23.5 Å². The molecule has 1 atom stereocenters. The summed E-state index contributed by atoms with van der Waals surface area (Å²) in [6.45, 7) is 0. The number of anilines is 2. The molecule has 0 radical (unpaired) electrons. The first-order valence-electron chi connectivity index (χ1n) is 11.1. The van der Waals surface area contributed by atoms with Crippen LogP contribution in [0.15, 0.2) is 76.1 Å². The van der Waals surface area contributed by atoms with Crippen LogP contribution < -0.4 is 10.2 Å². The van der Waals surface area contributed by atoms with Crippen molar-refractivity contribution in [3.05, 3.63) is 87.9 Å². The van der Waals surface area contributed by atoms with E-state index in [1.807, 2.05) is 5.32 Å². The zero-order valence-electron chi connectivity index (χ0n) is 20.6. The third-order valence-corrected chi connectivity index (χ3v) is 7.47. The third-order valence-electron chi connectivity index (χ3n) is 5.70. The molecular weight excluding hydrogens is 678 g/mol. The fourth-order valence-electron chi connectivity index (χ4n) is 3.59. The molecule has 0 heterocycles. The van der Waals surface area contributed by atoms with Gasteiger partial charge in [0.1, 0.15) is 0 Å². The molecule has 0 saturated heterocycles. The topological polar surface area (TPSA) is 66.5 Å². The Morgan fingerprint density at radius 2 is 1.33 bits per heavy atom. The quantitative estimate of drug-likeness (QED) is 0.267. The molecule has 42 heavy (non-hydrogen) atoms. The van der Waals surface area contributed by atoms with Crippen molar-refractivity contribution in [2.24, 2.45) is 0 Å². The van der Waals surface area contributed by atoms with E-state index in [-0.39, 0.29) is 22.9 Å². The van der Waals surface area contributed by atoms with E-state index >= 15 is 0 Å². The largest absolute Gasteiger partial charge is 0.475 e. The van der Waals surface area contributed by atoms with Gasteiger partial charge in [0.05, 0.1) is 10.6 Å². The van der Waals surface area contributed by atoms with E-state index in [4.69, 9.17) is 0 Å². The fourth-order valence-corrected chi connectivity index (χ4v) is 5.11. The molecule has 0 fully saturated rings. The molecule has 5 nitrogen and oxygen atoms in total. The number of amides is 2. The molecule has 3 rings (SSSR count). The average Bonchev–Trinajstić information content (AvgIpc) is 2.91. The lowest BCUT2D eigenvalue weighted by atomic mass is 9.94. The Morgan fingerprint density at radius 3 is 1.86 bits per heavy atom. The molecule has 0 aliphatic rings. The Kier molecular flexibility index (Phi) is 9.17. The van der Waals surface area contributed by atoms with Crippen LogP contribution in [0.1, 0.15) is 26.3 Å². The van der Waals surface area contributed by atoms with Crippen LogP contribution in [0, 0.1) is 0 Å². The highest BCUT2D eigenvalue weighted by molar-refractivity contribution is 9.10. The van der Waals surface area contributed by atoms with E-state index in [1.54, 1.807) is 18.2 Å². The normalized spacial score (nSPS) is 13.4. The zero-order valence-corrected chi connectivity index (χ0v) is 23.0. The van der Waals surface area contributed by atoms with Gasteiger partial charge in [0.15, 0.2) is 10.8 Å². The lowest BCUT2D eigenvalue weighted by molar-refractivity contribution is -0.348. The molecule has 0 aromatic heterocycles. The first-order chi connectivity index (χ1) is 19.2. The summed E-state index contributed by atoms with van der Waals surface area (Å²) in [5, 5.41) is 1.86. The van der Waals surface area contributed by atoms with Crippen LogP contribution >= 0.6 is 15.9 Å². The predicted octanol–water partition coefficient (Wildman–Crippen LogP) is 7.89. The Hall–Kier alpha value is -3.47. The SMILES string of the molecule is CN(C(=O)c1ccccc1)c1cccc(C(=O)Nc2c(Br)cc(C(F)(C(F)(F)F)C(F)(F)F)cc2S(=O)C(F)(F)F)c1. The Labute approximate surface area is 241 Å². The van der Waals surface area contributed by atoms with Crippen LogP contribution in [0.3, 0.4) is 0 Å². The van der Waals surface area contributed by atoms with Gasteiger partial charge in [-0.1, -0.05) is 24.3 Å². The molecule has 0 aliphatic heterocycles. The van der Waals surface area contributed by atoms with Crippen LogP contribution in [0.25, 0.3) is 0 Å². The molecule has 3 aromatic carbocycles. The molecule has 0 saturated carbocycles. The highest BCUT2D eigenvalue weighted by Gasteiger charge is 2.73. The number of carbonyl (C=O) groups excluding carboxylic acids is 2. The van der Waals surface area contributed by atoms with E-state index in [2.05, 4.69) is 15.9 Å². The second-order valence-corrected chi connectivity index (χ2v) is 10.7. The maximum atomic E-state index is 14.7. The van der Waals surface area contributed by atoms with Crippen molar-refractivity contribution in [3.63, 3.8) is 0 Å². The van der Waals surface area contributed by atoms with Gasteiger partial charge < -0.3 is 10.2 Å². The van der Waals surface area contributed by atoms with Crippen molar-refractivity contribution >= 4 is 49.9 Å².